The van der Waals surface area contributed by atoms with Crippen LogP contribution in [0.5, 0.6) is 0 Å². The first-order valence-electron chi connectivity index (χ1n) is 7.91. The number of nitriles is 1. The second-order valence-corrected chi connectivity index (χ2v) is 7.42. The Morgan fingerprint density at radius 1 is 1.28 bits per heavy atom. The summed E-state index contributed by atoms with van der Waals surface area (Å²) < 4.78 is 2.73. The number of benzene rings is 1. The zero-order chi connectivity index (χ0) is 18.1. The first-order valence-corrected chi connectivity index (χ1v) is 9.13. The predicted molar refractivity (Wildman–Crippen MR) is 106 cm³/mol. The van der Waals surface area contributed by atoms with Crippen LogP contribution in [0.1, 0.15) is 29.4 Å². The van der Waals surface area contributed by atoms with Crippen molar-refractivity contribution in [2.24, 2.45) is 0 Å². The van der Waals surface area contributed by atoms with E-state index in [1.165, 1.54) is 11.8 Å². The van der Waals surface area contributed by atoms with Crippen LogP contribution in [0.4, 0.5) is 0 Å². The molecule has 0 N–H and O–H groups in total. The van der Waals surface area contributed by atoms with Crippen molar-refractivity contribution < 1.29 is 4.79 Å². The lowest BCUT2D eigenvalue weighted by Crippen LogP contribution is -2.27. The maximum atomic E-state index is 12.4. The van der Waals surface area contributed by atoms with Gasteiger partial charge in [0.2, 0.25) is 0 Å². The number of hydrogen-bond acceptors (Lipinski definition) is 4. The topological polar surface area (TPSA) is 49.0 Å². The molecule has 2 aromatic rings. The largest absolute Gasteiger partial charge is 0.318 e. The number of aryl methyl sites for hydroxylation is 1. The molecule has 0 bridgehead atoms. The van der Waals surface area contributed by atoms with Crippen molar-refractivity contribution in [2.45, 2.75) is 20.8 Å². The minimum absolute atomic E-state index is 0.0272. The van der Waals surface area contributed by atoms with E-state index in [1.807, 2.05) is 39.0 Å². The van der Waals surface area contributed by atoms with Gasteiger partial charge >= 0.3 is 0 Å². The molecule has 1 amide bonds. The fourth-order valence-electron chi connectivity index (χ4n) is 2.93. The molecule has 1 aromatic carbocycles. The third-order valence-corrected chi connectivity index (χ3v) is 5.58. The average Bonchev–Trinajstić information content (AvgIpc) is 3.03. The summed E-state index contributed by atoms with van der Waals surface area (Å²) in [6.45, 7) is 6.56. The molecule has 0 radical (unpaired) electrons. The van der Waals surface area contributed by atoms with Crippen LogP contribution in [0.3, 0.4) is 0 Å². The minimum Gasteiger partial charge on any atom is -0.318 e. The molecule has 4 nitrogen and oxygen atoms in total. The zero-order valence-electron chi connectivity index (χ0n) is 14.2. The Kier molecular flexibility index (Phi) is 4.80. The predicted octanol–water partition coefficient (Wildman–Crippen LogP) is 4.19. The third-order valence-electron chi connectivity index (χ3n) is 4.20. The van der Waals surface area contributed by atoms with Crippen LogP contribution in [0.15, 0.2) is 35.2 Å². The lowest BCUT2D eigenvalue weighted by Gasteiger charge is -2.10. The summed E-state index contributed by atoms with van der Waals surface area (Å²) in [6, 6.07) is 11.7. The van der Waals surface area contributed by atoms with Gasteiger partial charge in [-0.1, -0.05) is 24.0 Å². The second-order valence-electron chi connectivity index (χ2n) is 5.75. The molecule has 0 aliphatic carbocycles. The Labute approximate surface area is 156 Å². The summed E-state index contributed by atoms with van der Waals surface area (Å²) in [4.78, 5) is 14.7. The van der Waals surface area contributed by atoms with Gasteiger partial charge in [-0.2, -0.15) is 5.26 Å². The molecular weight excluding hydrogens is 350 g/mol. The Balaban J connectivity index is 2.00. The van der Waals surface area contributed by atoms with Crippen molar-refractivity contribution >= 4 is 40.3 Å². The molecule has 2 heterocycles. The number of thiocarbonyl (C=S) groups is 1. The van der Waals surface area contributed by atoms with E-state index >= 15 is 0 Å². The monoisotopic (exact) mass is 367 g/mol. The molecule has 1 saturated heterocycles. The van der Waals surface area contributed by atoms with E-state index in [0.717, 1.165) is 22.6 Å². The number of aromatic nitrogens is 1. The molecular formula is C19H17N3OS2. The van der Waals surface area contributed by atoms with Gasteiger partial charge in [-0.25, -0.2) is 0 Å². The van der Waals surface area contributed by atoms with Gasteiger partial charge in [0.1, 0.15) is 4.32 Å². The normalized spacial score (nSPS) is 15.9. The highest BCUT2D eigenvalue weighted by Crippen LogP contribution is 2.33. The smallest absolute Gasteiger partial charge is 0.266 e. The van der Waals surface area contributed by atoms with Crippen LogP contribution >= 0.6 is 24.0 Å². The molecule has 1 fully saturated rings. The van der Waals surface area contributed by atoms with E-state index in [1.54, 1.807) is 17.0 Å². The molecule has 0 unspecified atom stereocenters. The number of hydrogen-bond donors (Lipinski definition) is 0. The number of rotatable bonds is 3. The van der Waals surface area contributed by atoms with Crippen LogP contribution < -0.4 is 0 Å². The number of nitrogens with zero attached hydrogens (tertiary/aromatic N) is 3. The van der Waals surface area contributed by atoms with Crippen molar-refractivity contribution in [1.82, 2.24) is 9.47 Å². The number of carbonyl (C=O) groups excluding carboxylic acids is 1. The summed E-state index contributed by atoms with van der Waals surface area (Å²) >= 11 is 6.62. The fraction of sp³-hybridized carbons (Fsp3) is 0.211. The van der Waals surface area contributed by atoms with Gasteiger partial charge in [-0.3, -0.25) is 9.69 Å². The molecule has 25 heavy (non-hydrogen) atoms. The second kappa shape index (κ2) is 6.87. The fourth-order valence-corrected chi connectivity index (χ4v) is 4.31. The van der Waals surface area contributed by atoms with E-state index in [9.17, 15) is 4.79 Å². The highest BCUT2D eigenvalue weighted by atomic mass is 32.2. The summed E-state index contributed by atoms with van der Waals surface area (Å²) in [7, 11) is 0. The standard InChI is InChI=1S/C19H17N3OS2/c1-4-21-18(23)17(25-19(21)24)10-15-9-12(2)22(13(15)3)16-7-5-14(11-20)6-8-16/h5-10H,4H2,1-3H3/b17-10-. The Hall–Kier alpha value is -2.36. The van der Waals surface area contributed by atoms with Gasteiger partial charge < -0.3 is 4.57 Å². The first-order chi connectivity index (χ1) is 12.0. The number of amides is 1. The van der Waals surface area contributed by atoms with Gasteiger partial charge in [0.25, 0.3) is 5.91 Å². The van der Waals surface area contributed by atoms with Gasteiger partial charge in [-0.05, 0) is 62.7 Å². The molecule has 126 valence electrons. The Morgan fingerprint density at radius 3 is 2.52 bits per heavy atom. The molecule has 0 spiro atoms. The van der Waals surface area contributed by atoms with Gasteiger partial charge in [0, 0.05) is 23.6 Å². The van der Waals surface area contributed by atoms with Crippen molar-refractivity contribution in [3.8, 4) is 11.8 Å². The van der Waals surface area contributed by atoms with Gasteiger partial charge in [-0.15, -0.1) is 0 Å². The van der Waals surface area contributed by atoms with E-state index < -0.39 is 0 Å². The number of thioether (sulfide) groups is 1. The Morgan fingerprint density at radius 2 is 1.96 bits per heavy atom. The van der Waals surface area contributed by atoms with E-state index in [4.69, 9.17) is 17.5 Å². The van der Waals surface area contributed by atoms with Crippen molar-refractivity contribution in [3.63, 3.8) is 0 Å². The molecule has 3 rings (SSSR count). The van der Waals surface area contributed by atoms with E-state index in [2.05, 4.69) is 16.7 Å². The number of likely N-dealkylation sites (N-methyl/N-ethyl adjacent to an activating group) is 1. The zero-order valence-corrected chi connectivity index (χ0v) is 15.9. The van der Waals surface area contributed by atoms with E-state index in [0.29, 0.717) is 21.3 Å². The highest BCUT2D eigenvalue weighted by molar-refractivity contribution is 8.26. The van der Waals surface area contributed by atoms with E-state index in [-0.39, 0.29) is 5.91 Å². The van der Waals surface area contributed by atoms with Crippen LogP contribution in [-0.4, -0.2) is 26.2 Å². The molecule has 0 saturated carbocycles. The summed E-state index contributed by atoms with van der Waals surface area (Å²) in [5.74, 6) is -0.0272. The number of carbonyl (C=O) groups is 1. The summed E-state index contributed by atoms with van der Waals surface area (Å²) in [5.41, 5.74) is 4.74. The molecule has 1 aliphatic rings. The lowest BCUT2D eigenvalue weighted by molar-refractivity contribution is -0.121. The average molecular weight is 367 g/mol. The third kappa shape index (κ3) is 3.13. The highest BCUT2D eigenvalue weighted by Gasteiger charge is 2.30. The molecule has 1 aromatic heterocycles. The summed E-state index contributed by atoms with van der Waals surface area (Å²) in [5, 5.41) is 8.95. The van der Waals surface area contributed by atoms with Gasteiger partial charge in [0.05, 0.1) is 16.5 Å². The maximum absolute atomic E-state index is 12.4. The lowest BCUT2D eigenvalue weighted by atomic mass is 10.2. The van der Waals surface area contributed by atoms with Crippen LogP contribution in [0.25, 0.3) is 11.8 Å². The quantitative estimate of drug-likeness (QED) is 0.603. The minimum atomic E-state index is -0.0272. The van der Waals surface area contributed by atoms with Crippen molar-refractivity contribution in [2.75, 3.05) is 6.54 Å². The van der Waals surface area contributed by atoms with Crippen molar-refractivity contribution in [1.29, 1.82) is 5.26 Å². The van der Waals surface area contributed by atoms with Crippen LogP contribution in [0.2, 0.25) is 0 Å². The summed E-state index contributed by atoms with van der Waals surface area (Å²) in [6.07, 6.45) is 1.91. The molecule has 0 atom stereocenters. The Bertz CT molecular complexity index is 933. The van der Waals surface area contributed by atoms with Crippen molar-refractivity contribution in [3.05, 3.63) is 57.8 Å². The molecule has 1 aliphatic heterocycles. The van der Waals surface area contributed by atoms with Crippen LogP contribution in [-0.2, 0) is 4.79 Å². The molecule has 6 heteroatoms. The maximum Gasteiger partial charge on any atom is 0.266 e. The van der Waals surface area contributed by atoms with Crippen LogP contribution in [0, 0.1) is 25.2 Å². The van der Waals surface area contributed by atoms with Gasteiger partial charge in [0.15, 0.2) is 0 Å². The first kappa shape index (κ1) is 17.5. The SMILES string of the molecule is CCN1C(=O)/C(=C/c2cc(C)n(-c3ccc(C#N)cc3)c2C)SC1=S.